The lowest BCUT2D eigenvalue weighted by Gasteiger charge is -2.25. The standard InChI is InChI=1S/C23H25N5O/c29-23(24-20-9-5-2-6-10-20)22-26-25-21-13-18-14-27(15-19(18)16-28(21)22)12-11-17-7-3-1-4-8-17/h1-10,18-19H,11-16H2,(H,24,29)/t18-,19+/m1/s1. The van der Waals surface area contributed by atoms with E-state index in [1.165, 1.54) is 5.56 Å². The number of benzene rings is 2. The molecule has 1 N–H and O–H groups in total. The third-order valence-electron chi connectivity index (χ3n) is 6.14. The minimum atomic E-state index is -0.188. The van der Waals surface area contributed by atoms with E-state index in [0.717, 1.165) is 50.5 Å². The summed E-state index contributed by atoms with van der Waals surface area (Å²) in [6, 6.07) is 20.2. The van der Waals surface area contributed by atoms with Crippen molar-refractivity contribution in [3.8, 4) is 0 Å². The number of hydrogen-bond donors (Lipinski definition) is 1. The van der Waals surface area contributed by atoms with Crippen molar-refractivity contribution in [1.82, 2.24) is 19.7 Å². The van der Waals surface area contributed by atoms with Crippen LogP contribution in [0, 0.1) is 11.8 Å². The van der Waals surface area contributed by atoms with Crippen LogP contribution in [0.2, 0.25) is 0 Å². The highest BCUT2D eigenvalue weighted by molar-refractivity contribution is 6.01. The fraction of sp³-hybridized carbons (Fsp3) is 0.348. The van der Waals surface area contributed by atoms with E-state index in [-0.39, 0.29) is 5.91 Å². The smallest absolute Gasteiger partial charge is 0.293 e. The molecule has 1 saturated heterocycles. The Balaban J connectivity index is 1.24. The second kappa shape index (κ2) is 7.79. The zero-order valence-electron chi connectivity index (χ0n) is 16.4. The molecule has 2 atom stereocenters. The van der Waals surface area contributed by atoms with Crippen LogP contribution in [0.5, 0.6) is 0 Å². The van der Waals surface area contributed by atoms with Crippen LogP contribution in [-0.4, -0.2) is 45.2 Å². The molecule has 6 nitrogen and oxygen atoms in total. The van der Waals surface area contributed by atoms with Crippen molar-refractivity contribution in [3.05, 3.63) is 77.9 Å². The van der Waals surface area contributed by atoms with E-state index in [1.54, 1.807) is 0 Å². The van der Waals surface area contributed by atoms with E-state index in [9.17, 15) is 4.79 Å². The lowest BCUT2D eigenvalue weighted by atomic mass is 9.89. The van der Waals surface area contributed by atoms with Crippen LogP contribution in [0.25, 0.3) is 0 Å². The Morgan fingerprint density at radius 1 is 0.931 bits per heavy atom. The SMILES string of the molecule is O=C(Nc1ccccc1)c1nnc2n1C[C@@H]1CN(CCc3ccccc3)C[C@H]1C2. The number of carbonyl (C=O) groups is 1. The Morgan fingerprint density at radius 2 is 1.66 bits per heavy atom. The molecule has 0 bridgehead atoms. The number of hydrogen-bond acceptors (Lipinski definition) is 4. The van der Waals surface area contributed by atoms with Gasteiger partial charge in [-0.25, -0.2) is 0 Å². The third kappa shape index (κ3) is 3.80. The number of amides is 1. The Morgan fingerprint density at radius 3 is 2.45 bits per heavy atom. The van der Waals surface area contributed by atoms with E-state index in [2.05, 4.69) is 50.7 Å². The molecule has 1 aromatic heterocycles. The highest BCUT2D eigenvalue weighted by Crippen LogP contribution is 2.32. The summed E-state index contributed by atoms with van der Waals surface area (Å²) in [5.41, 5.74) is 2.16. The van der Waals surface area contributed by atoms with Crippen molar-refractivity contribution in [2.75, 3.05) is 25.0 Å². The van der Waals surface area contributed by atoms with Crippen molar-refractivity contribution in [2.24, 2.45) is 11.8 Å². The van der Waals surface area contributed by atoms with Gasteiger partial charge in [0.1, 0.15) is 5.82 Å². The van der Waals surface area contributed by atoms with Gasteiger partial charge in [-0.15, -0.1) is 10.2 Å². The van der Waals surface area contributed by atoms with Gasteiger partial charge in [0.05, 0.1) is 0 Å². The van der Waals surface area contributed by atoms with Crippen LogP contribution in [0.15, 0.2) is 60.7 Å². The maximum absolute atomic E-state index is 12.7. The predicted octanol–water partition coefficient (Wildman–Crippen LogP) is 2.88. The summed E-state index contributed by atoms with van der Waals surface area (Å²) in [4.78, 5) is 15.3. The Hall–Kier alpha value is -2.99. The molecule has 0 radical (unpaired) electrons. The predicted molar refractivity (Wildman–Crippen MR) is 112 cm³/mol. The zero-order valence-corrected chi connectivity index (χ0v) is 16.4. The number of para-hydroxylation sites is 1. The van der Waals surface area contributed by atoms with Crippen LogP contribution < -0.4 is 5.32 Å². The van der Waals surface area contributed by atoms with Crippen molar-refractivity contribution in [2.45, 2.75) is 19.4 Å². The van der Waals surface area contributed by atoms with Gasteiger partial charge in [-0.05, 0) is 36.0 Å². The summed E-state index contributed by atoms with van der Waals surface area (Å²) >= 11 is 0. The number of aromatic nitrogens is 3. The molecule has 2 aliphatic heterocycles. The molecular weight excluding hydrogens is 362 g/mol. The van der Waals surface area contributed by atoms with Gasteiger partial charge >= 0.3 is 0 Å². The topological polar surface area (TPSA) is 63.1 Å². The molecule has 148 valence electrons. The van der Waals surface area contributed by atoms with E-state index < -0.39 is 0 Å². The first kappa shape index (κ1) is 18.1. The molecule has 2 aliphatic rings. The molecule has 3 aromatic rings. The molecule has 0 spiro atoms. The lowest BCUT2D eigenvalue weighted by Crippen LogP contribution is -2.31. The van der Waals surface area contributed by atoms with Gasteiger partial charge in [0.2, 0.25) is 5.82 Å². The Bertz CT molecular complexity index is 985. The summed E-state index contributed by atoms with van der Waals surface area (Å²) in [6.45, 7) is 4.09. The minimum absolute atomic E-state index is 0.188. The number of likely N-dealkylation sites (tertiary alicyclic amines) is 1. The summed E-state index contributed by atoms with van der Waals surface area (Å²) in [5.74, 6) is 2.33. The van der Waals surface area contributed by atoms with E-state index in [1.807, 2.05) is 34.9 Å². The Kier molecular flexibility index (Phi) is 4.86. The molecule has 2 aromatic carbocycles. The van der Waals surface area contributed by atoms with Gasteiger partial charge < -0.3 is 14.8 Å². The van der Waals surface area contributed by atoms with Crippen molar-refractivity contribution >= 4 is 11.6 Å². The second-order valence-corrected chi connectivity index (χ2v) is 8.09. The van der Waals surface area contributed by atoms with Crippen LogP contribution in [0.1, 0.15) is 22.0 Å². The highest BCUT2D eigenvalue weighted by Gasteiger charge is 2.38. The number of carbonyl (C=O) groups excluding carboxylic acids is 1. The number of nitrogens with zero attached hydrogens (tertiary/aromatic N) is 4. The number of fused-ring (bicyclic) bond motifs is 2. The normalized spacial score (nSPS) is 20.8. The van der Waals surface area contributed by atoms with Gasteiger partial charge in [-0.3, -0.25) is 4.79 Å². The molecule has 0 aliphatic carbocycles. The molecule has 6 heteroatoms. The molecule has 1 amide bonds. The number of anilines is 1. The molecule has 1 fully saturated rings. The first-order valence-electron chi connectivity index (χ1n) is 10.3. The van der Waals surface area contributed by atoms with Crippen LogP contribution in [0.4, 0.5) is 5.69 Å². The van der Waals surface area contributed by atoms with Crippen LogP contribution >= 0.6 is 0 Å². The zero-order chi connectivity index (χ0) is 19.6. The molecule has 3 heterocycles. The fourth-order valence-electron chi connectivity index (χ4n) is 4.61. The third-order valence-corrected chi connectivity index (χ3v) is 6.14. The molecule has 5 rings (SSSR count). The van der Waals surface area contributed by atoms with E-state index in [4.69, 9.17) is 0 Å². The van der Waals surface area contributed by atoms with Crippen molar-refractivity contribution in [1.29, 1.82) is 0 Å². The maximum Gasteiger partial charge on any atom is 0.293 e. The molecule has 0 unspecified atom stereocenters. The van der Waals surface area contributed by atoms with Gasteiger partial charge in [0.25, 0.3) is 5.91 Å². The van der Waals surface area contributed by atoms with E-state index in [0.29, 0.717) is 17.7 Å². The largest absolute Gasteiger partial charge is 0.319 e. The summed E-state index contributed by atoms with van der Waals surface area (Å²) < 4.78 is 2.03. The summed E-state index contributed by atoms with van der Waals surface area (Å²) in [6.07, 6.45) is 1.98. The van der Waals surface area contributed by atoms with Gasteiger partial charge in [-0.1, -0.05) is 48.5 Å². The summed E-state index contributed by atoms with van der Waals surface area (Å²) in [5, 5.41) is 11.5. The Labute approximate surface area is 170 Å². The lowest BCUT2D eigenvalue weighted by molar-refractivity contribution is 0.100. The van der Waals surface area contributed by atoms with Gasteiger partial charge in [-0.2, -0.15) is 0 Å². The number of rotatable bonds is 5. The van der Waals surface area contributed by atoms with Crippen molar-refractivity contribution < 1.29 is 4.79 Å². The van der Waals surface area contributed by atoms with Crippen LogP contribution in [-0.2, 0) is 19.4 Å². The molecular formula is C23H25N5O. The van der Waals surface area contributed by atoms with Gasteiger partial charge in [0.15, 0.2) is 0 Å². The minimum Gasteiger partial charge on any atom is -0.319 e. The average Bonchev–Trinajstić information content (AvgIpc) is 3.35. The average molecular weight is 387 g/mol. The summed E-state index contributed by atoms with van der Waals surface area (Å²) in [7, 11) is 0. The van der Waals surface area contributed by atoms with Crippen LogP contribution in [0.3, 0.4) is 0 Å². The second-order valence-electron chi connectivity index (χ2n) is 8.09. The first-order valence-corrected chi connectivity index (χ1v) is 10.3. The fourth-order valence-corrected chi connectivity index (χ4v) is 4.61. The molecule has 0 saturated carbocycles. The quantitative estimate of drug-likeness (QED) is 0.731. The monoisotopic (exact) mass is 387 g/mol. The maximum atomic E-state index is 12.7. The number of nitrogens with one attached hydrogen (secondary N) is 1. The highest BCUT2D eigenvalue weighted by atomic mass is 16.2. The molecule has 29 heavy (non-hydrogen) atoms. The first-order chi connectivity index (χ1) is 14.3. The van der Waals surface area contributed by atoms with Crippen molar-refractivity contribution in [3.63, 3.8) is 0 Å². The van der Waals surface area contributed by atoms with E-state index >= 15 is 0 Å². The van der Waals surface area contributed by atoms with Gasteiger partial charge in [0, 0.05) is 38.3 Å².